The van der Waals surface area contributed by atoms with Gasteiger partial charge in [-0.15, -0.1) is 0 Å². The molecule has 21 heavy (non-hydrogen) atoms. The van der Waals surface area contributed by atoms with Crippen molar-refractivity contribution in [3.8, 4) is 0 Å². The Hall–Kier alpha value is -0.650. The van der Waals surface area contributed by atoms with E-state index in [4.69, 9.17) is 4.74 Å². The summed E-state index contributed by atoms with van der Waals surface area (Å²) in [6.45, 7) is 8.73. The van der Waals surface area contributed by atoms with Crippen molar-refractivity contribution in [3.05, 3.63) is 0 Å². The molecule has 5 nitrogen and oxygen atoms in total. The average Bonchev–Trinajstić information content (AvgIpc) is 2.93. The van der Waals surface area contributed by atoms with Crippen molar-refractivity contribution >= 4 is 5.91 Å². The van der Waals surface area contributed by atoms with E-state index < -0.39 is 5.60 Å². The maximum absolute atomic E-state index is 12.4. The standard InChI is InChI=1S/C16H30N2O3/c1-15(2)12-18(11-7-16(15,20)13-21-3)14(19)6-10-17-8-4-5-9-17/h20H,4-13H2,1-3H3/t16-/m1/s1. The highest BCUT2D eigenvalue weighted by Gasteiger charge is 2.48. The maximum atomic E-state index is 12.4. The first-order valence-corrected chi connectivity index (χ1v) is 8.09. The van der Waals surface area contributed by atoms with E-state index in [9.17, 15) is 9.90 Å². The number of hydrogen-bond donors (Lipinski definition) is 1. The number of methoxy groups -OCH3 is 1. The highest BCUT2D eigenvalue weighted by atomic mass is 16.5. The van der Waals surface area contributed by atoms with E-state index in [0.29, 0.717) is 32.5 Å². The third-order valence-corrected chi connectivity index (χ3v) is 5.22. The van der Waals surface area contributed by atoms with Gasteiger partial charge in [0.25, 0.3) is 0 Å². The second-order valence-corrected chi connectivity index (χ2v) is 7.21. The fraction of sp³-hybridized carbons (Fsp3) is 0.938. The molecule has 0 unspecified atom stereocenters. The van der Waals surface area contributed by atoms with Gasteiger partial charge in [-0.1, -0.05) is 13.8 Å². The van der Waals surface area contributed by atoms with Gasteiger partial charge in [-0.3, -0.25) is 4.79 Å². The van der Waals surface area contributed by atoms with E-state index in [-0.39, 0.29) is 11.3 Å². The molecular formula is C16H30N2O3. The van der Waals surface area contributed by atoms with Crippen molar-refractivity contribution < 1.29 is 14.6 Å². The molecule has 0 spiro atoms. The molecule has 0 bridgehead atoms. The van der Waals surface area contributed by atoms with Gasteiger partial charge in [0.1, 0.15) is 0 Å². The number of likely N-dealkylation sites (tertiary alicyclic amines) is 2. The van der Waals surface area contributed by atoms with Crippen LogP contribution in [-0.2, 0) is 9.53 Å². The van der Waals surface area contributed by atoms with Crippen LogP contribution in [0, 0.1) is 5.41 Å². The van der Waals surface area contributed by atoms with Gasteiger partial charge in [-0.05, 0) is 32.4 Å². The first-order chi connectivity index (χ1) is 9.88. The van der Waals surface area contributed by atoms with Crippen molar-refractivity contribution in [1.82, 2.24) is 9.80 Å². The highest BCUT2D eigenvalue weighted by molar-refractivity contribution is 5.76. The number of aliphatic hydroxyl groups is 1. The minimum Gasteiger partial charge on any atom is -0.387 e. The first kappa shape index (κ1) is 16.7. The summed E-state index contributed by atoms with van der Waals surface area (Å²) in [6, 6.07) is 0. The van der Waals surface area contributed by atoms with Gasteiger partial charge in [-0.25, -0.2) is 0 Å². The van der Waals surface area contributed by atoms with Crippen LogP contribution < -0.4 is 0 Å². The van der Waals surface area contributed by atoms with E-state index in [0.717, 1.165) is 19.6 Å². The number of piperidine rings is 1. The number of rotatable bonds is 5. The summed E-state index contributed by atoms with van der Waals surface area (Å²) >= 11 is 0. The maximum Gasteiger partial charge on any atom is 0.223 e. The number of carbonyl (C=O) groups excluding carboxylic acids is 1. The second-order valence-electron chi connectivity index (χ2n) is 7.21. The Morgan fingerprint density at radius 2 is 1.90 bits per heavy atom. The van der Waals surface area contributed by atoms with E-state index in [1.165, 1.54) is 12.8 Å². The number of carbonyl (C=O) groups is 1. The molecule has 0 radical (unpaired) electrons. The molecule has 2 aliphatic rings. The quantitative estimate of drug-likeness (QED) is 0.826. The summed E-state index contributed by atoms with van der Waals surface area (Å²) in [5.41, 5.74) is -1.18. The fourth-order valence-corrected chi connectivity index (χ4v) is 3.50. The van der Waals surface area contributed by atoms with Gasteiger partial charge < -0.3 is 19.6 Å². The lowest BCUT2D eigenvalue weighted by molar-refractivity contribution is -0.163. The summed E-state index contributed by atoms with van der Waals surface area (Å²) in [5.74, 6) is 0.217. The van der Waals surface area contributed by atoms with E-state index >= 15 is 0 Å². The Kier molecular flexibility index (Phi) is 5.28. The molecule has 0 saturated carbocycles. The predicted octanol–water partition coefficient (Wildman–Crippen LogP) is 1.11. The predicted molar refractivity (Wildman–Crippen MR) is 82.1 cm³/mol. The number of hydrogen-bond acceptors (Lipinski definition) is 4. The summed E-state index contributed by atoms with van der Waals surface area (Å²) in [6.07, 6.45) is 3.70. The molecule has 2 saturated heterocycles. The molecule has 1 atom stereocenters. The Morgan fingerprint density at radius 3 is 2.48 bits per heavy atom. The Labute approximate surface area is 128 Å². The SMILES string of the molecule is COC[C@]1(O)CCN(C(=O)CCN2CCCC2)CC1(C)C. The zero-order valence-corrected chi connectivity index (χ0v) is 13.7. The van der Waals surface area contributed by atoms with Gasteiger partial charge in [-0.2, -0.15) is 0 Å². The van der Waals surface area contributed by atoms with Crippen molar-refractivity contribution in [2.45, 2.75) is 45.1 Å². The molecule has 122 valence electrons. The van der Waals surface area contributed by atoms with Gasteiger partial charge in [0.15, 0.2) is 0 Å². The normalized spacial score (nSPS) is 29.8. The van der Waals surface area contributed by atoms with Crippen molar-refractivity contribution in [3.63, 3.8) is 0 Å². The summed E-state index contributed by atoms with van der Waals surface area (Å²) in [5, 5.41) is 10.7. The second kappa shape index (κ2) is 6.63. The van der Waals surface area contributed by atoms with Crippen LogP contribution in [0.4, 0.5) is 0 Å². The van der Waals surface area contributed by atoms with Gasteiger partial charge in [0, 0.05) is 38.6 Å². The fourth-order valence-electron chi connectivity index (χ4n) is 3.50. The van der Waals surface area contributed by atoms with Crippen molar-refractivity contribution in [2.75, 3.05) is 46.4 Å². The lowest BCUT2D eigenvalue weighted by atomic mass is 9.70. The largest absolute Gasteiger partial charge is 0.387 e. The van der Waals surface area contributed by atoms with Crippen molar-refractivity contribution in [2.24, 2.45) is 5.41 Å². The molecular weight excluding hydrogens is 268 g/mol. The molecule has 1 N–H and O–H groups in total. The Bertz CT molecular complexity index is 367. The van der Waals surface area contributed by atoms with Gasteiger partial charge in [0.2, 0.25) is 5.91 Å². The highest BCUT2D eigenvalue weighted by Crippen LogP contribution is 2.39. The van der Waals surface area contributed by atoms with Crippen LogP contribution in [0.3, 0.4) is 0 Å². The van der Waals surface area contributed by atoms with Crippen molar-refractivity contribution in [1.29, 1.82) is 0 Å². The van der Waals surface area contributed by atoms with E-state index in [2.05, 4.69) is 4.90 Å². The van der Waals surface area contributed by atoms with Crippen LogP contribution >= 0.6 is 0 Å². The zero-order valence-electron chi connectivity index (χ0n) is 13.7. The molecule has 0 aliphatic carbocycles. The van der Waals surface area contributed by atoms with Crippen LogP contribution in [0.5, 0.6) is 0 Å². The molecule has 0 aromatic rings. The number of nitrogens with zero attached hydrogens (tertiary/aromatic N) is 2. The number of amides is 1. The minimum atomic E-state index is -0.840. The number of ether oxygens (including phenoxy) is 1. The summed E-state index contributed by atoms with van der Waals surface area (Å²) in [7, 11) is 1.61. The Morgan fingerprint density at radius 1 is 1.24 bits per heavy atom. The zero-order chi connectivity index (χ0) is 15.5. The van der Waals surface area contributed by atoms with Gasteiger partial charge in [0.05, 0.1) is 12.2 Å². The summed E-state index contributed by atoms with van der Waals surface area (Å²) in [4.78, 5) is 16.7. The molecule has 0 aromatic heterocycles. The van der Waals surface area contributed by atoms with Crippen LogP contribution in [0.2, 0.25) is 0 Å². The lowest BCUT2D eigenvalue weighted by Gasteiger charge is -2.50. The average molecular weight is 298 g/mol. The topological polar surface area (TPSA) is 53.0 Å². The van der Waals surface area contributed by atoms with Gasteiger partial charge >= 0.3 is 0 Å². The third-order valence-electron chi connectivity index (χ3n) is 5.22. The molecule has 2 heterocycles. The van der Waals surface area contributed by atoms with Crippen LogP contribution in [0.1, 0.15) is 39.5 Å². The molecule has 0 aromatic carbocycles. The minimum absolute atomic E-state index is 0.217. The van der Waals surface area contributed by atoms with E-state index in [1.807, 2.05) is 18.7 Å². The molecule has 1 amide bonds. The molecule has 5 heteroatoms. The molecule has 2 aliphatic heterocycles. The summed E-state index contributed by atoms with van der Waals surface area (Å²) < 4.78 is 5.17. The van der Waals surface area contributed by atoms with Crippen LogP contribution in [-0.4, -0.2) is 72.9 Å². The van der Waals surface area contributed by atoms with Crippen LogP contribution in [0.25, 0.3) is 0 Å². The molecule has 2 rings (SSSR count). The molecule has 2 fully saturated rings. The van der Waals surface area contributed by atoms with E-state index in [1.54, 1.807) is 7.11 Å². The monoisotopic (exact) mass is 298 g/mol. The smallest absolute Gasteiger partial charge is 0.223 e. The third kappa shape index (κ3) is 3.76. The Balaban J connectivity index is 1.86. The lowest BCUT2D eigenvalue weighted by Crippen LogP contribution is -2.60. The first-order valence-electron chi connectivity index (χ1n) is 8.09. The van der Waals surface area contributed by atoms with Crippen LogP contribution in [0.15, 0.2) is 0 Å².